The topological polar surface area (TPSA) is 55.2 Å². The minimum absolute atomic E-state index is 0.00284. The first kappa shape index (κ1) is 22.4. The van der Waals surface area contributed by atoms with E-state index in [1.54, 1.807) is 0 Å². The Morgan fingerprint density at radius 3 is 2.22 bits per heavy atom. The molecule has 0 unspecified atom stereocenters. The van der Waals surface area contributed by atoms with Crippen LogP contribution in [0.3, 0.4) is 0 Å². The van der Waals surface area contributed by atoms with Crippen LogP contribution in [0.5, 0.6) is 0 Å². The summed E-state index contributed by atoms with van der Waals surface area (Å²) >= 11 is 1.51. The summed E-state index contributed by atoms with van der Waals surface area (Å²) < 4.78 is 2.91. The first-order chi connectivity index (χ1) is 17.6. The molecular formula is C30H25N3O2S. The fourth-order valence-electron chi connectivity index (χ4n) is 5.10. The smallest absolute Gasteiger partial charge is 0.264 e. The lowest BCUT2D eigenvalue weighted by Crippen LogP contribution is -2.41. The molecule has 6 rings (SSSR count). The Morgan fingerprint density at radius 2 is 1.56 bits per heavy atom. The molecule has 0 aliphatic carbocycles. The first-order valence-electron chi connectivity index (χ1n) is 12.1. The van der Waals surface area contributed by atoms with Gasteiger partial charge in [0.25, 0.3) is 11.5 Å². The average molecular weight is 492 g/mol. The van der Waals surface area contributed by atoms with Gasteiger partial charge in [-0.2, -0.15) is 0 Å². The van der Waals surface area contributed by atoms with Gasteiger partial charge in [0.1, 0.15) is 5.82 Å². The molecule has 1 aliphatic rings. The predicted octanol–water partition coefficient (Wildman–Crippen LogP) is 5.60. The molecule has 0 fully saturated rings. The van der Waals surface area contributed by atoms with Crippen molar-refractivity contribution in [1.29, 1.82) is 0 Å². The van der Waals surface area contributed by atoms with Crippen molar-refractivity contribution in [2.24, 2.45) is 0 Å². The van der Waals surface area contributed by atoms with Gasteiger partial charge in [0.15, 0.2) is 0 Å². The molecule has 1 amide bonds. The van der Waals surface area contributed by atoms with Gasteiger partial charge >= 0.3 is 0 Å². The fourth-order valence-corrected chi connectivity index (χ4v) is 6.13. The number of carbonyl (C=O) groups is 1. The number of amides is 1. The monoisotopic (exact) mass is 491 g/mol. The molecule has 0 saturated carbocycles. The van der Waals surface area contributed by atoms with E-state index in [0.29, 0.717) is 36.6 Å². The maximum absolute atomic E-state index is 13.9. The van der Waals surface area contributed by atoms with E-state index in [9.17, 15) is 9.59 Å². The van der Waals surface area contributed by atoms with Crippen molar-refractivity contribution in [3.05, 3.63) is 134 Å². The zero-order chi connectivity index (χ0) is 24.6. The highest BCUT2D eigenvalue weighted by Gasteiger charge is 2.29. The summed E-state index contributed by atoms with van der Waals surface area (Å²) in [6, 6.07) is 29.9. The van der Waals surface area contributed by atoms with Crippen molar-refractivity contribution in [2.75, 3.05) is 6.54 Å². The summed E-state index contributed by atoms with van der Waals surface area (Å²) in [5, 5.41) is 1.08. The van der Waals surface area contributed by atoms with Crippen LogP contribution >= 0.6 is 11.3 Å². The van der Waals surface area contributed by atoms with Crippen LogP contribution in [0.1, 0.15) is 43.9 Å². The number of aryl methyl sites for hydroxylation is 1. The van der Waals surface area contributed by atoms with Gasteiger partial charge in [-0.15, -0.1) is 11.3 Å². The molecule has 36 heavy (non-hydrogen) atoms. The molecule has 0 radical (unpaired) electrons. The number of hydrogen-bond acceptors (Lipinski definition) is 4. The van der Waals surface area contributed by atoms with E-state index in [1.165, 1.54) is 11.3 Å². The second-order valence-electron chi connectivity index (χ2n) is 9.11. The molecule has 0 bridgehead atoms. The Balaban J connectivity index is 1.37. The normalized spacial score (nSPS) is 13.2. The van der Waals surface area contributed by atoms with Crippen LogP contribution in [0.15, 0.2) is 95.8 Å². The molecule has 5 nitrogen and oxygen atoms in total. The van der Waals surface area contributed by atoms with Crippen molar-refractivity contribution in [3.63, 3.8) is 0 Å². The van der Waals surface area contributed by atoms with Crippen LogP contribution in [0.25, 0.3) is 10.1 Å². The van der Waals surface area contributed by atoms with Crippen LogP contribution in [0, 0.1) is 6.92 Å². The summed E-state index contributed by atoms with van der Waals surface area (Å²) in [7, 11) is 0. The van der Waals surface area contributed by atoms with Gasteiger partial charge in [0.2, 0.25) is 0 Å². The van der Waals surface area contributed by atoms with Crippen LogP contribution < -0.4 is 5.56 Å². The molecule has 0 atom stereocenters. The fraction of sp³-hybridized carbons (Fsp3) is 0.167. The van der Waals surface area contributed by atoms with E-state index in [0.717, 1.165) is 26.1 Å². The van der Waals surface area contributed by atoms with Gasteiger partial charge in [-0.25, -0.2) is 4.98 Å². The molecule has 3 heterocycles. The van der Waals surface area contributed by atoms with Crippen LogP contribution in [-0.4, -0.2) is 26.9 Å². The second kappa shape index (κ2) is 9.21. The highest BCUT2D eigenvalue weighted by Crippen LogP contribution is 2.29. The lowest BCUT2D eigenvalue weighted by atomic mass is 9.97. The lowest BCUT2D eigenvalue weighted by Gasteiger charge is -2.30. The lowest BCUT2D eigenvalue weighted by molar-refractivity contribution is 0.0735. The van der Waals surface area contributed by atoms with Crippen LogP contribution in [-0.2, 0) is 13.0 Å². The van der Waals surface area contributed by atoms with E-state index in [1.807, 2.05) is 107 Å². The van der Waals surface area contributed by atoms with E-state index in [4.69, 9.17) is 4.98 Å². The highest BCUT2D eigenvalue weighted by atomic mass is 32.1. The van der Waals surface area contributed by atoms with Gasteiger partial charge in [-0.05, 0) is 42.0 Å². The number of nitrogens with zero attached hydrogens (tertiary/aromatic N) is 3. The summed E-state index contributed by atoms with van der Waals surface area (Å²) in [4.78, 5) is 34.7. The van der Waals surface area contributed by atoms with Gasteiger partial charge in [-0.3, -0.25) is 14.2 Å². The third kappa shape index (κ3) is 3.93. The van der Waals surface area contributed by atoms with Crippen LogP contribution in [0.4, 0.5) is 0 Å². The van der Waals surface area contributed by atoms with E-state index in [2.05, 4.69) is 0 Å². The van der Waals surface area contributed by atoms with Crippen LogP contribution in [0.2, 0.25) is 0 Å². The summed E-state index contributed by atoms with van der Waals surface area (Å²) in [5.41, 5.74) is 3.46. The molecule has 1 aliphatic heterocycles. The molecule has 0 spiro atoms. The number of thiophene rings is 1. The van der Waals surface area contributed by atoms with Crippen molar-refractivity contribution in [3.8, 4) is 0 Å². The molecule has 2 aromatic heterocycles. The quantitative estimate of drug-likeness (QED) is 0.329. The van der Waals surface area contributed by atoms with Crippen molar-refractivity contribution < 1.29 is 4.79 Å². The number of benzene rings is 3. The largest absolute Gasteiger partial charge is 0.332 e. The molecule has 0 saturated heterocycles. The number of fused-ring (bicyclic) bond motifs is 2. The third-order valence-electron chi connectivity index (χ3n) is 6.86. The van der Waals surface area contributed by atoms with E-state index in [-0.39, 0.29) is 17.5 Å². The maximum Gasteiger partial charge on any atom is 0.264 e. The number of hydrogen-bond donors (Lipinski definition) is 0. The summed E-state index contributed by atoms with van der Waals surface area (Å²) in [6.45, 7) is 2.73. The maximum atomic E-state index is 13.9. The Kier molecular flexibility index (Phi) is 5.74. The zero-order valence-corrected chi connectivity index (χ0v) is 20.7. The van der Waals surface area contributed by atoms with Crippen molar-refractivity contribution >= 4 is 27.3 Å². The zero-order valence-electron chi connectivity index (χ0n) is 19.9. The Bertz CT molecular complexity index is 1550. The van der Waals surface area contributed by atoms with Gasteiger partial charge in [-0.1, -0.05) is 78.9 Å². The Morgan fingerprint density at radius 1 is 0.917 bits per heavy atom. The highest BCUT2D eigenvalue weighted by molar-refractivity contribution is 7.20. The minimum atomic E-state index is -0.268. The van der Waals surface area contributed by atoms with E-state index < -0.39 is 0 Å². The number of aromatic nitrogens is 2. The predicted molar refractivity (Wildman–Crippen MR) is 144 cm³/mol. The van der Waals surface area contributed by atoms with Gasteiger partial charge in [0, 0.05) is 16.8 Å². The number of carbonyl (C=O) groups excluding carboxylic acids is 1. The van der Waals surface area contributed by atoms with Gasteiger partial charge < -0.3 is 4.90 Å². The Hall–Kier alpha value is -4.03. The van der Waals surface area contributed by atoms with E-state index >= 15 is 0 Å². The second-order valence-corrected chi connectivity index (χ2v) is 10.2. The summed E-state index contributed by atoms with van der Waals surface area (Å²) in [6.07, 6.45) is 0.494. The standard InChI is InChI=1S/C30H25N3O2S/c1-20-31-25-19-32(30(35)27-18-23-14-8-9-15-26(23)36-27)17-16-24(25)29(34)33(20)28(21-10-4-2-5-11-21)22-12-6-3-7-13-22/h2-15,18,28H,16-17,19H2,1H3. The SMILES string of the molecule is Cc1nc2c(c(=O)n1C(c1ccccc1)c1ccccc1)CCN(C(=O)c1cc3ccccc3s1)C2. The third-order valence-corrected chi connectivity index (χ3v) is 7.96. The van der Waals surface area contributed by atoms with Gasteiger partial charge in [0.05, 0.1) is 23.2 Å². The van der Waals surface area contributed by atoms with Crippen molar-refractivity contribution in [1.82, 2.24) is 14.5 Å². The molecule has 178 valence electrons. The molecular weight excluding hydrogens is 466 g/mol. The first-order valence-corrected chi connectivity index (χ1v) is 12.9. The molecule has 0 N–H and O–H groups in total. The molecule has 6 heteroatoms. The number of rotatable bonds is 4. The molecule has 3 aromatic carbocycles. The minimum Gasteiger partial charge on any atom is -0.332 e. The van der Waals surface area contributed by atoms with Crippen molar-refractivity contribution in [2.45, 2.75) is 25.9 Å². The average Bonchev–Trinajstić information content (AvgIpc) is 3.36. The summed E-state index contributed by atoms with van der Waals surface area (Å²) in [5.74, 6) is 0.643. The Labute approximate surface area is 213 Å². The molecule has 5 aromatic rings.